The maximum atomic E-state index is 12.2. The summed E-state index contributed by atoms with van der Waals surface area (Å²) in [6.07, 6.45) is 1.80. The van der Waals surface area contributed by atoms with E-state index < -0.39 is 0 Å². The summed E-state index contributed by atoms with van der Waals surface area (Å²) in [6.45, 7) is 0.782. The molecule has 0 radical (unpaired) electrons. The van der Waals surface area contributed by atoms with E-state index in [1.807, 2.05) is 0 Å². The number of fused-ring (bicyclic) bond motifs is 1. The molecule has 6 nitrogen and oxygen atoms in total. The molecule has 1 heterocycles. The number of anilines is 1. The number of Topliss-reactive ketones (excluding diaryl/α,β-unsaturated/α-hetero) is 1. The first-order valence-corrected chi connectivity index (χ1v) is 8.00. The van der Waals surface area contributed by atoms with E-state index in [2.05, 4.69) is 0 Å². The van der Waals surface area contributed by atoms with Gasteiger partial charge in [-0.3, -0.25) is 9.59 Å². The number of ketones is 1. The van der Waals surface area contributed by atoms with Gasteiger partial charge in [-0.1, -0.05) is 11.6 Å². The predicted molar refractivity (Wildman–Crippen MR) is 84.3 cm³/mol. The van der Waals surface area contributed by atoms with E-state index in [4.69, 9.17) is 26.2 Å². The Kier molecular flexibility index (Phi) is 4.84. The number of aliphatic hydroxyl groups is 1. The third-order valence-corrected chi connectivity index (χ3v) is 4.12. The van der Waals surface area contributed by atoms with Crippen molar-refractivity contribution in [3.63, 3.8) is 0 Å². The number of nitrogens with zero attached hydrogens (tertiary/aromatic N) is 1. The van der Waals surface area contributed by atoms with Gasteiger partial charge in [0.25, 0.3) is 0 Å². The van der Waals surface area contributed by atoms with E-state index in [0.29, 0.717) is 28.6 Å². The molecule has 23 heavy (non-hydrogen) atoms. The Morgan fingerprint density at radius 1 is 1.22 bits per heavy atom. The lowest BCUT2D eigenvalue weighted by molar-refractivity contribution is -0.118. The van der Waals surface area contributed by atoms with Crippen molar-refractivity contribution in [2.45, 2.75) is 25.3 Å². The number of amides is 1. The summed E-state index contributed by atoms with van der Waals surface area (Å²) in [5, 5.41) is 8.99. The van der Waals surface area contributed by atoms with E-state index >= 15 is 0 Å². The zero-order chi connectivity index (χ0) is 16.4. The van der Waals surface area contributed by atoms with Crippen molar-refractivity contribution in [2.75, 3.05) is 31.3 Å². The molecule has 7 heteroatoms. The number of halogens is 1. The summed E-state index contributed by atoms with van der Waals surface area (Å²) < 4.78 is 10.7. The lowest BCUT2D eigenvalue weighted by Crippen LogP contribution is -2.39. The summed E-state index contributed by atoms with van der Waals surface area (Å²) in [6, 6.07) is 3.42. The van der Waals surface area contributed by atoms with Crippen molar-refractivity contribution in [3.8, 4) is 5.75 Å². The van der Waals surface area contributed by atoms with Gasteiger partial charge in [-0.05, 0) is 25.0 Å². The first-order valence-electron chi connectivity index (χ1n) is 7.62. The van der Waals surface area contributed by atoms with Crippen LogP contribution in [0.5, 0.6) is 5.75 Å². The number of benzene rings is 1. The largest absolute Gasteiger partial charge is 0.490 e. The van der Waals surface area contributed by atoms with Crippen LogP contribution >= 0.6 is 11.6 Å². The number of carbonyl (C=O) groups excluding carboxylic acids is 2. The average molecular weight is 340 g/mol. The van der Waals surface area contributed by atoms with Crippen LogP contribution in [0.3, 0.4) is 0 Å². The van der Waals surface area contributed by atoms with Crippen LogP contribution in [0.1, 0.15) is 29.6 Å². The van der Waals surface area contributed by atoms with Gasteiger partial charge < -0.3 is 19.5 Å². The Morgan fingerprint density at radius 2 is 2.00 bits per heavy atom. The highest BCUT2D eigenvalue weighted by atomic mass is 35.5. The predicted octanol–water partition coefficient (Wildman–Crippen LogP) is 1.81. The standard InChI is InChI=1S/C16H18ClNO5/c17-12-8-13-11(7-15(12)23-6-5-22-4-3-19)14(20)9-16(21)18(13)10-1-2-10/h7-8,10,19H,1-6,9H2. The number of hydrogen-bond donors (Lipinski definition) is 1. The Labute approximate surface area is 138 Å². The summed E-state index contributed by atoms with van der Waals surface area (Å²) in [7, 11) is 0. The minimum absolute atomic E-state index is 0.0425. The van der Waals surface area contributed by atoms with E-state index in [1.54, 1.807) is 17.0 Å². The highest BCUT2D eigenvalue weighted by Gasteiger charge is 2.40. The fraction of sp³-hybridized carbons (Fsp3) is 0.500. The van der Waals surface area contributed by atoms with Gasteiger partial charge in [0, 0.05) is 11.6 Å². The fourth-order valence-electron chi connectivity index (χ4n) is 2.64. The number of rotatable bonds is 7. The molecule has 1 aromatic rings. The van der Waals surface area contributed by atoms with Crippen LogP contribution in [0.2, 0.25) is 5.02 Å². The van der Waals surface area contributed by atoms with Crippen molar-refractivity contribution in [1.29, 1.82) is 0 Å². The normalized spacial score (nSPS) is 17.4. The van der Waals surface area contributed by atoms with Gasteiger partial charge in [-0.25, -0.2) is 0 Å². The van der Waals surface area contributed by atoms with Gasteiger partial charge in [0.05, 0.1) is 37.0 Å². The Bertz CT molecular complexity index is 629. The van der Waals surface area contributed by atoms with E-state index in [0.717, 1.165) is 12.8 Å². The molecule has 3 rings (SSSR count). The van der Waals surface area contributed by atoms with Crippen LogP contribution in [-0.4, -0.2) is 49.3 Å². The molecule has 1 N–H and O–H groups in total. The van der Waals surface area contributed by atoms with Crippen LogP contribution in [-0.2, 0) is 9.53 Å². The molecule has 1 aromatic carbocycles. The SMILES string of the molecule is O=C1CC(=O)N(C2CC2)c2cc(Cl)c(OCCOCCO)cc21. The summed E-state index contributed by atoms with van der Waals surface area (Å²) in [4.78, 5) is 26.0. The maximum absolute atomic E-state index is 12.2. The lowest BCUT2D eigenvalue weighted by atomic mass is 9.99. The third-order valence-electron chi connectivity index (χ3n) is 3.82. The second-order valence-electron chi connectivity index (χ2n) is 5.58. The van der Waals surface area contributed by atoms with Crippen molar-refractivity contribution in [3.05, 3.63) is 22.7 Å². The lowest BCUT2D eigenvalue weighted by Gasteiger charge is -2.29. The Morgan fingerprint density at radius 3 is 2.70 bits per heavy atom. The average Bonchev–Trinajstić information content (AvgIpc) is 3.32. The van der Waals surface area contributed by atoms with Crippen LogP contribution in [0.15, 0.2) is 12.1 Å². The molecule has 1 aliphatic carbocycles. The van der Waals surface area contributed by atoms with Gasteiger partial charge in [0.15, 0.2) is 5.78 Å². The van der Waals surface area contributed by atoms with Gasteiger partial charge in [0.2, 0.25) is 5.91 Å². The van der Waals surface area contributed by atoms with Crippen LogP contribution < -0.4 is 9.64 Å². The molecule has 0 spiro atoms. The first kappa shape index (κ1) is 16.2. The smallest absolute Gasteiger partial charge is 0.235 e. The van der Waals surface area contributed by atoms with Crippen molar-refractivity contribution < 1.29 is 24.2 Å². The highest BCUT2D eigenvalue weighted by molar-refractivity contribution is 6.33. The van der Waals surface area contributed by atoms with Gasteiger partial charge in [0.1, 0.15) is 12.4 Å². The van der Waals surface area contributed by atoms with Crippen molar-refractivity contribution in [2.24, 2.45) is 0 Å². The minimum atomic E-state index is -0.208. The summed E-state index contributed by atoms with van der Waals surface area (Å²) >= 11 is 6.23. The Balaban J connectivity index is 1.78. The van der Waals surface area contributed by atoms with Crippen LogP contribution in [0, 0.1) is 0 Å². The molecule has 2 aliphatic rings. The number of ether oxygens (including phenoxy) is 2. The second kappa shape index (κ2) is 6.86. The van der Waals surface area contributed by atoms with E-state index in [1.165, 1.54) is 0 Å². The molecular weight excluding hydrogens is 322 g/mol. The van der Waals surface area contributed by atoms with Gasteiger partial charge >= 0.3 is 0 Å². The van der Waals surface area contributed by atoms with Crippen LogP contribution in [0.4, 0.5) is 5.69 Å². The quantitative estimate of drug-likeness (QED) is 0.605. The van der Waals surface area contributed by atoms with Crippen molar-refractivity contribution >= 4 is 29.0 Å². The molecule has 1 saturated carbocycles. The van der Waals surface area contributed by atoms with Crippen molar-refractivity contribution in [1.82, 2.24) is 0 Å². The summed E-state index contributed by atoms with van der Waals surface area (Å²) in [5.74, 6) is 0.0311. The monoisotopic (exact) mass is 339 g/mol. The van der Waals surface area contributed by atoms with Crippen LogP contribution in [0.25, 0.3) is 0 Å². The van der Waals surface area contributed by atoms with Gasteiger partial charge in [-0.2, -0.15) is 0 Å². The van der Waals surface area contributed by atoms with E-state index in [9.17, 15) is 9.59 Å². The molecule has 0 saturated heterocycles. The summed E-state index contributed by atoms with van der Waals surface area (Å²) in [5.41, 5.74) is 1.06. The topological polar surface area (TPSA) is 76.1 Å². The molecular formula is C16H18ClNO5. The van der Waals surface area contributed by atoms with E-state index in [-0.39, 0.29) is 44.0 Å². The number of aliphatic hydroxyl groups excluding tert-OH is 1. The second-order valence-corrected chi connectivity index (χ2v) is 5.99. The molecule has 0 unspecified atom stereocenters. The molecule has 1 fully saturated rings. The molecule has 0 atom stereocenters. The molecule has 124 valence electrons. The number of carbonyl (C=O) groups is 2. The minimum Gasteiger partial charge on any atom is -0.490 e. The Hall–Kier alpha value is -1.63. The fourth-order valence-corrected chi connectivity index (χ4v) is 2.85. The molecule has 1 aliphatic heterocycles. The zero-order valence-corrected chi connectivity index (χ0v) is 13.3. The maximum Gasteiger partial charge on any atom is 0.235 e. The first-order chi connectivity index (χ1) is 11.1. The third kappa shape index (κ3) is 3.49. The number of hydrogen-bond acceptors (Lipinski definition) is 5. The molecule has 0 aromatic heterocycles. The zero-order valence-electron chi connectivity index (χ0n) is 12.6. The highest BCUT2D eigenvalue weighted by Crippen LogP contribution is 2.41. The molecule has 1 amide bonds. The van der Waals surface area contributed by atoms with Gasteiger partial charge in [-0.15, -0.1) is 0 Å². The molecule has 0 bridgehead atoms.